The van der Waals surface area contributed by atoms with Crippen LogP contribution in [-0.4, -0.2) is 25.2 Å². The maximum atomic E-state index is 12.1. The van der Waals surface area contributed by atoms with Crippen LogP contribution in [0.15, 0.2) is 54.0 Å². The second-order valence-electron chi connectivity index (χ2n) is 5.40. The van der Waals surface area contributed by atoms with E-state index < -0.39 is 0 Å². The fourth-order valence-corrected chi connectivity index (χ4v) is 3.08. The molecule has 134 valence electrons. The summed E-state index contributed by atoms with van der Waals surface area (Å²) in [5, 5.41) is 8.51. The van der Waals surface area contributed by atoms with Crippen LogP contribution in [0.2, 0.25) is 0 Å². The van der Waals surface area contributed by atoms with Crippen molar-refractivity contribution in [2.45, 2.75) is 6.54 Å². The molecule has 0 atom stereocenters. The number of nitrogens with zero attached hydrogens (tertiary/aromatic N) is 1. The van der Waals surface area contributed by atoms with Gasteiger partial charge in [0.1, 0.15) is 16.5 Å². The van der Waals surface area contributed by atoms with Gasteiger partial charge in [-0.05, 0) is 42.5 Å². The molecule has 0 aliphatic heterocycles. The van der Waals surface area contributed by atoms with Crippen LogP contribution in [-0.2, 0) is 6.54 Å². The molecule has 0 aliphatic carbocycles. The highest BCUT2D eigenvalue weighted by molar-refractivity contribution is 7.13. The van der Waals surface area contributed by atoms with Crippen molar-refractivity contribution >= 4 is 23.1 Å². The summed E-state index contributed by atoms with van der Waals surface area (Å²) in [5.41, 5.74) is 2.56. The van der Waals surface area contributed by atoms with E-state index in [1.807, 2.05) is 47.8 Å². The molecule has 0 bridgehead atoms. The summed E-state index contributed by atoms with van der Waals surface area (Å²) >= 11 is 1.58. The number of aromatic nitrogens is 1. The molecule has 0 saturated carbocycles. The van der Waals surface area contributed by atoms with Crippen molar-refractivity contribution in [3.05, 3.63) is 59.6 Å². The fraction of sp³-hybridized carbons (Fsp3) is 0.158. The molecule has 2 aromatic carbocycles. The van der Waals surface area contributed by atoms with Crippen LogP contribution in [0.5, 0.6) is 11.5 Å². The molecule has 26 heavy (non-hydrogen) atoms. The molecule has 2 amide bonds. The van der Waals surface area contributed by atoms with Crippen LogP contribution in [0.1, 0.15) is 5.56 Å². The molecular weight excluding hydrogens is 350 g/mol. The van der Waals surface area contributed by atoms with E-state index in [9.17, 15) is 4.79 Å². The van der Waals surface area contributed by atoms with E-state index in [2.05, 4.69) is 15.6 Å². The van der Waals surface area contributed by atoms with Gasteiger partial charge in [-0.2, -0.15) is 0 Å². The topological polar surface area (TPSA) is 72.5 Å². The first kappa shape index (κ1) is 17.8. The number of thiazole rings is 1. The molecule has 0 saturated heterocycles. The van der Waals surface area contributed by atoms with E-state index in [1.54, 1.807) is 31.8 Å². The molecule has 0 fully saturated rings. The number of methoxy groups -OCH3 is 2. The second kappa shape index (κ2) is 8.35. The Kier molecular flexibility index (Phi) is 5.70. The van der Waals surface area contributed by atoms with E-state index in [4.69, 9.17) is 9.47 Å². The number of ether oxygens (including phenoxy) is 2. The maximum Gasteiger partial charge on any atom is 0.319 e. The van der Waals surface area contributed by atoms with Crippen molar-refractivity contribution in [2.75, 3.05) is 19.5 Å². The molecule has 1 heterocycles. The van der Waals surface area contributed by atoms with Crippen LogP contribution in [0, 0.1) is 0 Å². The molecule has 6 nitrogen and oxygen atoms in total. The van der Waals surface area contributed by atoms with Gasteiger partial charge in [0.25, 0.3) is 0 Å². The van der Waals surface area contributed by atoms with Gasteiger partial charge in [0.15, 0.2) is 0 Å². The quantitative estimate of drug-likeness (QED) is 0.685. The van der Waals surface area contributed by atoms with Gasteiger partial charge < -0.3 is 20.1 Å². The number of nitrogens with one attached hydrogen (secondary N) is 2. The van der Waals surface area contributed by atoms with E-state index in [0.29, 0.717) is 23.7 Å². The minimum absolute atomic E-state index is 0.295. The lowest BCUT2D eigenvalue weighted by Crippen LogP contribution is -2.28. The first-order chi connectivity index (χ1) is 12.7. The predicted molar refractivity (Wildman–Crippen MR) is 103 cm³/mol. The highest BCUT2D eigenvalue weighted by Crippen LogP contribution is 2.24. The number of carbonyl (C=O) groups excluding carboxylic acids is 1. The average Bonchev–Trinajstić information content (AvgIpc) is 3.21. The van der Waals surface area contributed by atoms with E-state index in [1.165, 1.54) is 0 Å². The number of hydrogen-bond acceptors (Lipinski definition) is 5. The number of carbonyl (C=O) groups is 1. The Labute approximate surface area is 155 Å². The van der Waals surface area contributed by atoms with E-state index in [0.717, 1.165) is 16.1 Å². The Balaban J connectivity index is 1.59. The summed E-state index contributed by atoms with van der Waals surface area (Å²) in [7, 11) is 3.19. The summed E-state index contributed by atoms with van der Waals surface area (Å²) in [6.07, 6.45) is 1.77. The maximum absolute atomic E-state index is 12.1. The molecular formula is C19H19N3O3S. The van der Waals surface area contributed by atoms with Gasteiger partial charge in [-0.15, -0.1) is 11.3 Å². The largest absolute Gasteiger partial charge is 0.497 e. The fourth-order valence-electron chi connectivity index (χ4n) is 2.43. The van der Waals surface area contributed by atoms with Crippen molar-refractivity contribution in [2.24, 2.45) is 0 Å². The van der Waals surface area contributed by atoms with Gasteiger partial charge in [-0.1, -0.05) is 0 Å². The predicted octanol–water partition coefficient (Wildman–Crippen LogP) is 4.15. The minimum Gasteiger partial charge on any atom is -0.497 e. The number of urea groups is 1. The summed E-state index contributed by atoms with van der Waals surface area (Å²) in [5.74, 6) is 1.40. The van der Waals surface area contributed by atoms with Crippen molar-refractivity contribution in [3.8, 4) is 22.1 Å². The van der Waals surface area contributed by atoms with Gasteiger partial charge in [0.2, 0.25) is 0 Å². The zero-order valence-corrected chi connectivity index (χ0v) is 15.3. The van der Waals surface area contributed by atoms with E-state index >= 15 is 0 Å². The Morgan fingerprint density at radius 3 is 2.58 bits per heavy atom. The molecule has 0 spiro atoms. The van der Waals surface area contributed by atoms with Gasteiger partial charge in [0, 0.05) is 34.9 Å². The average molecular weight is 369 g/mol. The second-order valence-corrected chi connectivity index (χ2v) is 6.29. The monoisotopic (exact) mass is 369 g/mol. The van der Waals surface area contributed by atoms with Crippen molar-refractivity contribution < 1.29 is 14.3 Å². The lowest BCUT2D eigenvalue weighted by molar-refractivity contribution is 0.251. The van der Waals surface area contributed by atoms with Crippen LogP contribution in [0.25, 0.3) is 10.6 Å². The van der Waals surface area contributed by atoms with Crippen LogP contribution < -0.4 is 20.1 Å². The zero-order valence-electron chi connectivity index (χ0n) is 14.5. The molecule has 7 heteroatoms. The Bertz CT molecular complexity index is 864. The first-order valence-corrected chi connectivity index (χ1v) is 8.83. The highest BCUT2D eigenvalue weighted by Gasteiger charge is 2.08. The lowest BCUT2D eigenvalue weighted by atomic mass is 10.2. The third-order valence-electron chi connectivity index (χ3n) is 3.75. The number of rotatable bonds is 6. The smallest absolute Gasteiger partial charge is 0.319 e. The van der Waals surface area contributed by atoms with Gasteiger partial charge >= 0.3 is 6.03 Å². The van der Waals surface area contributed by atoms with Gasteiger partial charge in [-0.3, -0.25) is 0 Å². The number of hydrogen-bond donors (Lipinski definition) is 2. The number of benzene rings is 2. The standard InChI is InChI=1S/C19H19N3O3S/c1-24-16-7-8-17(25-2)14(11-16)12-21-19(23)22-15-5-3-13(4-6-15)18-20-9-10-26-18/h3-11H,12H2,1-2H3,(H2,21,22,23). The summed E-state index contributed by atoms with van der Waals surface area (Å²) in [4.78, 5) is 16.4. The SMILES string of the molecule is COc1ccc(OC)c(CNC(=O)Nc2ccc(-c3nccs3)cc2)c1. The Morgan fingerprint density at radius 1 is 1.12 bits per heavy atom. The van der Waals surface area contributed by atoms with Gasteiger partial charge in [0.05, 0.1) is 14.2 Å². The van der Waals surface area contributed by atoms with Crippen LogP contribution >= 0.6 is 11.3 Å². The molecule has 3 rings (SSSR count). The van der Waals surface area contributed by atoms with Gasteiger partial charge in [-0.25, -0.2) is 9.78 Å². The van der Waals surface area contributed by atoms with E-state index in [-0.39, 0.29) is 6.03 Å². The van der Waals surface area contributed by atoms with Crippen molar-refractivity contribution in [1.82, 2.24) is 10.3 Å². The molecule has 0 aliphatic rings. The van der Waals surface area contributed by atoms with Crippen LogP contribution in [0.3, 0.4) is 0 Å². The zero-order chi connectivity index (χ0) is 18.4. The Morgan fingerprint density at radius 2 is 1.92 bits per heavy atom. The van der Waals surface area contributed by atoms with Crippen LogP contribution in [0.4, 0.5) is 10.5 Å². The Hall–Kier alpha value is -3.06. The molecule has 3 aromatic rings. The van der Waals surface area contributed by atoms with Crippen molar-refractivity contribution in [3.63, 3.8) is 0 Å². The molecule has 1 aromatic heterocycles. The van der Waals surface area contributed by atoms with Crippen molar-refractivity contribution in [1.29, 1.82) is 0 Å². The summed E-state index contributed by atoms with van der Waals surface area (Å²) in [6.45, 7) is 0.323. The lowest BCUT2D eigenvalue weighted by Gasteiger charge is -2.12. The third-order valence-corrected chi connectivity index (χ3v) is 4.57. The molecule has 0 radical (unpaired) electrons. The first-order valence-electron chi connectivity index (χ1n) is 7.95. The normalized spacial score (nSPS) is 10.2. The minimum atomic E-state index is -0.295. The number of anilines is 1. The summed E-state index contributed by atoms with van der Waals surface area (Å²) in [6, 6.07) is 12.7. The molecule has 0 unspecified atom stereocenters. The molecule has 2 N–H and O–H groups in total. The third kappa shape index (κ3) is 4.31. The summed E-state index contributed by atoms with van der Waals surface area (Å²) < 4.78 is 10.5. The number of amides is 2. The highest BCUT2D eigenvalue weighted by atomic mass is 32.1.